The van der Waals surface area contributed by atoms with Crippen LogP contribution in [-0.2, 0) is 0 Å². The van der Waals surface area contributed by atoms with Crippen molar-refractivity contribution in [2.24, 2.45) is 5.10 Å². The fourth-order valence-electron chi connectivity index (χ4n) is 2.77. The van der Waals surface area contributed by atoms with Gasteiger partial charge in [-0.25, -0.2) is 4.39 Å². The molecule has 1 aliphatic rings. The van der Waals surface area contributed by atoms with Gasteiger partial charge in [-0.2, -0.15) is 5.10 Å². The van der Waals surface area contributed by atoms with Crippen molar-refractivity contribution in [2.45, 2.75) is 26.3 Å². The van der Waals surface area contributed by atoms with E-state index in [0.29, 0.717) is 16.1 Å². The third kappa shape index (κ3) is 4.00. The van der Waals surface area contributed by atoms with Crippen molar-refractivity contribution in [3.8, 4) is 0 Å². The summed E-state index contributed by atoms with van der Waals surface area (Å²) in [5.41, 5.74) is 3.01. The molecule has 0 aromatic heterocycles. The van der Waals surface area contributed by atoms with E-state index in [-0.39, 0.29) is 10.9 Å². The summed E-state index contributed by atoms with van der Waals surface area (Å²) in [7, 11) is 0. The number of hydrogen-bond acceptors (Lipinski definition) is 3. The number of benzene rings is 2. The van der Waals surface area contributed by atoms with Gasteiger partial charge in [0.15, 0.2) is 0 Å². The zero-order chi connectivity index (χ0) is 18.8. The van der Waals surface area contributed by atoms with E-state index in [2.05, 4.69) is 10.4 Å². The van der Waals surface area contributed by atoms with Gasteiger partial charge < -0.3 is 5.32 Å². The summed E-state index contributed by atoms with van der Waals surface area (Å²) in [6.07, 6.45) is 0.943. The van der Waals surface area contributed by atoms with E-state index in [1.165, 1.54) is 12.1 Å². The molecule has 0 fully saturated rings. The van der Waals surface area contributed by atoms with Crippen LogP contribution in [0.4, 0.5) is 10.1 Å². The number of nitrogens with zero attached hydrogens (tertiary/aromatic N) is 2. The van der Waals surface area contributed by atoms with Gasteiger partial charge in [-0.1, -0.05) is 23.2 Å². The average Bonchev–Trinajstić information content (AvgIpc) is 3.04. The van der Waals surface area contributed by atoms with E-state index in [0.717, 1.165) is 24.4 Å². The van der Waals surface area contributed by atoms with Crippen LogP contribution in [0.2, 0.25) is 10.0 Å². The van der Waals surface area contributed by atoms with Gasteiger partial charge in [-0.3, -0.25) is 9.80 Å². The van der Waals surface area contributed by atoms with Crippen LogP contribution in [0.15, 0.2) is 41.5 Å². The van der Waals surface area contributed by atoms with E-state index in [9.17, 15) is 9.18 Å². The standard InChI is InChI=1S/C19H18Cl2FN3O/c1-11-7-8-25(24-11)14-5-3-13(4-6-14)19(26)23-12(2)15-9-18(22)17(21)10-16(15)20/h3-6,9-10,12H,7-8H2,1-2H3,(H,23,26). The van der Waals surface area contributed by atoms with Crippen molar-refractivity contribution in [1.29, 1.82) is 0 Å². The number of anilines is 1. The van der Waals surface area contributed by atoms with Crippen molar-refractivity contribution in [3.05, 3.63) is 63.4 Å². The van der Waals surface area contributed by atoms with Gasteiger partial charge in [0.05, 0.1) is 16.8 Å². The lowest BCUT2D eigenvalue weighted by Gasteiger charge is -2.17. The normalized spacial score (nSPS) is 15.0. The molecule has 1 amide bonds. The Kier molecular flexibility index (Phi) is 5.49. The summed E-state index contributed by atoms with van der Waals surface area (Å²) in [4.78, 5) is 12.5. The molecule has 1 atom stereocenters. The third-order valence-electron chi connectivity index (χ3n) is 4.26. The topological polar surface area (TPSA) is 44.7 Å². The maximum absolute atomic E-state index is 13.7. The van der Waals surface area contributed by atoms with E-state index < -0.39 is 11.9 Å². The van der Waals surface area contributed by atoms with Crippen LogP contribution in [0.1, 0.15) is 42.2 Å². The van der Waals surface area contributed by atoms with Crippen LogP contribution in [0.5, 0.6) is 0 Å². The highest BCUT2D eigenvalue weighted by Crippen LogP contribution is 2.29. The minimum absolute atomic E-state index is 0.0485. The van der Waals surface area contributed by atoms with Crippen molar-refractivity contribution >= 4 is 40.5 Å². The average molecular weight is 394 g/mol. The maximum Gasteiger partial charge on any atom is 0.251 e. The smallest absolute Gasteiger partial charge is 0.251 e. The summed E-state index contributed by atoms with van der Waals surface area (Å²) in [5.74, 6) is -0.838. The van der Waals surface area contributed by atoms with Crippen LogP contribution in [0.25, 0.3) is 0 Å². The monoisotopic (exact) mass is 393 g/mol. The Hall–Kier alpha value is -2.11. The molecule has 26 heavy (non-hydrogen) atoms. The lowest BCUT2D eigenvalue weighted by molar-refractivity contribution is 0.0940. The molecule has 2 aromatic carbocycles. The largest absolute Gasteiger partial charge is 0.345 e. The molecule has 3 rings (SSSR count). The Balaban J connectivity index is 1.71. The molecule has 1 N–H and O–H groups in total. The molecule has 7 heteroatoms. The van der Waals surface area contributed by atoms with Gasteiger partial charge in [0.2, 0.25) is 0 Å². The molecule has 0 radical (unpaired) electrons. The molecule has 0 saturated carbocycles. The second kappa shape index (κ2) is 7.64. The van der Waals surface area contributed by atoms with Crippen molar-refractivity contribution in [3.63, 3.8) is 0 Å². The lowest BCUT2D eigenvalue weighted by Crippen LogP contribution is -2.27. The second-order valence-electron chi connectivity index (χ2n) is 6.24. The SMILES string of the molecule is CC1=NN(c2ccc(C(=O)NC(C)c3cc(F)c(Cl)cc3Cl)cc2)CC1. The molecule has 0 bridgehead atoms. The number of amides is 1. The number of carbonyl (C=O) groups is 1. The molecule has 2 aromatic rings. The zero-order valence-corrected chi connectivity index (χ0v) is 15.9. The Bertz CT molecular complexity index is 868. The first-order valence-electron chi connectivity index (χ1n) is 8.22. The van der Waals surface area contributed by atoms with Crippen molar-refractivity contribution in [1.82, 2.24) is 5.32 Å². The van der Waals surface area contributed by atoms with Gasteiger partial charge in [0.25, 0.3) is 5.91 Å². The van der Waals surface area contributed by atoms with Crippen molar-refractivity contribution in [2.75, 3.05) is 11.6 Å². The van der Waals surface area contributed by atoms with Crippen LogP contribution >= 0.6 is 23.2 Å². The van der Waals surface area contributed by atoms with Crippen LogP contribution < -0.4 is 10.3 Å². The summed E-state index contributed by atoms with van der Waals surface area (Å²) < 4.78 is 13.7. The summed E-state index contributed by atoms with van der Waals surface area (Å²) >= 11 is 11.8. The fraction of sp³-hybridized carbons (Fsp3) is 0.263. The van der Waals surface area contributed by atoms with Gasteiger partial charge in [0, 0.05) is 29.3 Å². The van der Waals surface area contributed by atoms with Gasteiger partial charge in [-0.05, 0) is 55.8 Å². The molecular weight excluding hydrogens is 376 g/mol. The number of nitrogens with one attached hydrogen (secondary N) is 1. The first-order valence-corrected chi connectivity index (χ1v) is 8.97. The van der Waals surface area contributed by atoms with E-state index in [1.807, 2.05) is 24.1 Å². The summed E-state index contributed by atoms with van der Waals surface area (Å²) in [6.45, 7) is 4.57. The van der Waals surface area contributed by atoms with Gasteiger partial charge in [-0.15, -0.1) is 0 Å². The Morgan fingerprint density at radius 1 is 1.23 bits per heavy atom. The minimum Gasteiger partial charge on any atom is -0.345 e. The lowest BCUT2D eigenvalue weighted by atomic mass is 10.1. The van der Waals surface area contributed by atoms with Gasteiger partial charge >= 0.3 is 0 Å². The van der Waals surface area contributed by atoms with E-state index >= 15 is 0 Å². The highest BCUT2D eigenvalue weighted by Gasteiger charge is 2.17. The second-order valence-corrected chi connectivity index (χ2v) is 7.05. The van der Waals surface area contributed by atoms with Crippen LogP contribution in [0.3, 0.4) is 0 Å². The highest BCUT2D eigenvalue weighted by atomic mass is 35.5. The summed E-state index contributed by atoms with van der Waals surface area (Å²) in [6, 6.07) is 9.31. The highest BCUT2D eigenvalue weighted by molar-refractivity contribution is 6.35. The molecule has 1 unspecified atom stereocenters. The molecule has 1 aliphatic heterocycles. The number of hydrogen-bond donors (Lipinski definition) is 1. The quantitative estimate of drug-likeness (QED) is 0.724. The number of carbonyl (C=O) groups excluding carboxylic acids is 1. The van der Waals surface area contributed by atoms with Gasteiger partial charge in [0.1, 0.15) is 5.82 Å². The van der Waals surface area contributed by atoms with Crippen LogP contribution in [-0.4, -0.2) is 18.2 Å². The Labute approximate surface area is 161 Å². The number of rotatable bonds is 4. The van der Waals surface area contributed by atoms with E-state index in [4.69, 9.17) is 23.2 Å². The molecule has 0 spiro atoms. The predicted octanol–water partition coefficient (Wildman–Crippen LogP) is 5.21. The predicted molar refractivity (Wildman–Crippen MR) is 104 cm³/mol. The van der Waals surface area contributed by atoms with E-state index in [1.54, 1.807) is 19.1 Å². The molecule has 136 valence electrons. The first kappa shape index (κ1) is 18.7. The Morgan fingerprint density at radius 2 is 1.92 bits per heavy atom. The molecular formula is C19H18Cl2FN3O. The molecule has 1 heterocycles. The summed E-state index contributed by atoms with van der Waals surface area (Å²) in [5, 5.41) is 9.43. The number of hydrazone groups is 1. The Morgan fingerprint density at radius 3 is 2.54 bits per heavy atom. The third-order valence-corrected chi connectivity index (χ3v) is 4.88. The molecule has 0 saturated heterocycles. The zero-order valence-electron chi connectivity index (χ0n) is 14.4. The maximum atomic E-state index is 13.7. The minimum atomic E-state index is -0.571. The molecule has 4 nitrogen and oxygen atoms in total. The number of halogens is 3. The van der Waals surface area contributed by atoms with Crippen molar-refractivity contribution < 1.29 is 9.18 Å². The fourth-order valence-corrected chi connectivity index (χ4v) is 3.32. The molecule has 0 aliphatic carbocycles. The first-order chi connectivity index (χ1) is 12.3. The van der Waals surface area contributed by atoms with Crippen LogP contribution in [0, 0.1) is 5.82 Å².